The molecule has 4 nitrogen and oxygen atoms in total. The van der Waals surface area contributed by atoms with E-state index in [1.54, 1.807) is 13.0 Å². The lowest BCUT2D eigenvalue weighted by Gasteiger charge is -2.14. The summed E-state index contributed by atoms with van der Waals surface area (Å²) >= 11 is 6.10. The Morgan fingerprint density at radius 1 is 1.23 bits per heavy atom. The zero-order chi connectivity index (χ0) is 15.5. The van der Waals surface area contributed by atoms with Crippen LogP contribution in [0.25, 0.3) is 11.0 Å². The van der Waals surface area contributed by atoms with Gasteiger partial charge in [-0.05, 0) is 25.1 Å². The fourth-order valence-corrected chi connectivity index (χ4v) is 2.60. The highest BCUT2D eigenvalue weighted by Crippen LogP contribution is 2.26. The molecule has 0 saturated heterocycles. The SMILES string of the molecule is CC(OC(=O)Cc1noc2ccccc12)c1ccccc1Cl. The minimum Gasteiger partial charge on any atom is -0.457 e. The van der Waals surface area contributed by atoms with Crippen LogP contribution >= 0.6 is 11.6 Å². The van der Waals surface area contributed by atoms with Gasteiger partial charge in [-0.2, -0.15) is 0 Å². The Hall–Kier alpha value is -2.33. The highest BCUT2D eigenvalue weighted by Gasteiger charge is 2.17. The Morgan fingerprint density at radius 3 is 2.77 bits per heavy atom. The summed E-state index contributed by atoms with van der Waals surface area (Å²) < 4.78 is 10.6. The van der Waals surface area contributed by atoms with Gasteiger partial charge in [0.2, 0.25) is 0 Å². The van der Waals surface area contributed by atoms with Crippen LogP contribution in [-0.2, 0) is 16.0 Å². The molecule has 0 radical (unpaired) electrons. The Balaban J connectivity index is 1.71. The second-order valence-electron chi connectivity index (χ2n) is 4.96. The second kappa shape index (κ2) is 6.20. The van der Waals surface area contributed by atoms with E-state index in [-0.39, 0.29) is 12.4 Å². The van der Waals surface area contributed by atoms with E-state index in [0.717, 1.165) is 10.9 Å². The maximum atomic E-state index is 12.1. The molecule has 3 aromatic rings. The molecule has 112 valence electrons. The molecule has 0 aliphatic rings. The third kappa shape index (κ3) is 2.97. The molecule has 0 aliphatic heterocycles. The standard InChI is InChI=1S/C17H14ClNO3/c1-11(12-6-2-4-8-14(12)18)21-17(20)10-15-13-7-3-5-9-16(13)22-19-15/h2-9,11H,10H2,1H3. The molecule has 0 aliphatic carbocycles. The molecule has 1 heterocycles. The number of halogens is 1. The van der Waals surface area contributed by atoms with Gasteiger partial charge in [0.15, 0.2) is 5.58 Å². The average Bonchev–Trinajstić information content (AvgIpc) is 2.91. The number of esters is 1. The van der Waals surface area contributed by atoms with Crippen LogP contribution < -0.4 is 0 Å². The first kappa shape index (κ1) is 14.6. The van der Waals surface area contributed by atoms with Gasteiger partial charge in [0, 0.05) is 16.0 Å². The molecular formula is C17H14ClNO3. The number of fused-ring (bicyclic) bond motifs is 1. The first-order valence-corrected chi connectivity index (χ1v) is 7.30. The van der Waals surface area contributed by atoms with Gasteiger partial charge in [0.25, 0.3) is 0 Å². The van der Waals surface area contributed by atoms with Crippen molar-refractivity contribution in [1.82, 2.24) is 5.16 Å². The lowest BCUT2D eigenvalue weighted by Crippen LogP contribution is -2.12. The number of carbonyl (C=O) groups is 1. The van der Waals surface area contributed by atoms with Crippen LogP contribution in [0.15, 0.2) is 53.1 Å². The first-order valence-electron chi connectivity index (χ1n) is 6.92. The van der Waals surface area contributed by atoms with Crippen LogP contribution in [-0.4, -0.2) is 11.1 Å². The van der Waals surface area contributed by atoms with E-state index in [2.05, 4.69) is 5.16 Å². The number of hydrogen-bond donors (Lipinski definition) is 0. The summed E-state index contributed by atoms with van der Waals surface area (Å²) in [7, 11) is 0. The lowest BCUT2D eigenvalue weighted by molar-refractivity contribution is -0.147. The Labute approximate surface area is 132 Å². The van der Waals surface area contributed by atoms with Crippen LogP contribution in [0, 0.1) is 0 Å². The normalized spacial score (nSPS) is 12.3. The molecule has 0 amide bonds. The van der Waals surface area contributed by atoms with E-state index in [0.29, 0.717) is 16.3 Å². The van der Waals surface area contributed by atoms with Crippen molar-refractivity contribution in [2.45, 2.75) is 19.4 Å². The molecule has 1 atom stereocenters. The Bertz CT molecular complexity index is 812. The van der Waals surface area contributed by atoms with E-state index in [4.69, 9.17) is 20.9 Å². The Morgan fingerprint density at radius 2 is 1.95 bits per heavy atom. The molecule has 0 fully saturated rings. The highest BCUT2D eigenvalue weighted by molar-refractivity contribution is 6.31. The summed E-state index contributed by atoms with van der Waals surface area (Å²) in [6.45, 7) is 1.79. The monoisotopic (exact) mass is 315 g/mol. The molecule has 1 aromatic heterocycles. The zero-order valence-corrected chi connectivity index (χ0v) is 12.7. The summed E-state index contributed by atoms with van der Waals surface area (Å²) in [5.74, 6) is -0.369. The second-order valence-corrected chi connectivity index (χ2v) is 5.36. The highest BCUT2D eigenvalue weighted by atomic mass is 35.5. The summed E-state index contributed by atoms with van der Waals surface area (Å²) in [6, 6.07) is 14.7. The van der Waals surface area contributed by atoms with E-state index in [1.807, 2.05) is 42.5 Å². The minimum atomic E-state index is -0.417. The van der Waals surface area contributed by atoms with Crippen LogP contribution in [0.1, 0.15) is 24.3 Å². The third-order valence-corrected chi connectivity index (χ3v) is 3.76. The van der Waals surface area contributed by atoms with Crippen LogP contribution in [0.2, 0.25) is 5.02 Å². The molecule has 5 heteroatoms. The molecule has 0 saturated carbocycles. The maximum absolute atomic E-state index is 12.1. The van der Waals surface area contributed by atoms with Crippen LogP contribution in [0.5, 0.6) is 0 Å². The third-order valence-electron chi connectivity index (χ3n) is 3.42. The largest absolute Gasteiger partial charge is 0.457 e. The zero-order valence-electron chi connectivity index (χ0n) is 12.0. The molecule has 3 rings (SSSR count). The van der Waals surface area contributed by atoms with Gasteiger partial charge in [-0.25, -0.2) is 0 Å². The topological polar surface area (TPSA) is 52.3 Å². The smallest absolute Gasteiger partial charge is 0.312 e. The average molecular weight is 316 g/mol. The molecule has 0 N–H and O–H groups in total. The van der Waals surface area contributed by atoms with Crippen molar-refractivity contribution in [2.75, 3.05) is 0 Å². The summed E-state index contributed by atoms with van der Waals surface area (Å²) in [5, 5.41) is 5.33. The van der Waals surface area contributed by atoms with Crippen molar-refractivity contribution >= 4 is 28.5 Å². The molecule has 2 aromatic carbocycles. The van der Waals surface area contributed by atoms with E-state index in [1.165, 1.54) is 0 Å². The van der Waals surface area contributed by atoms with Crippen molar-refractivity contribution < 1.29 is 14.1 Å². The van der Waals surface area contributed by atoms with Gasteiger partial charge in [-0.1, -0.05) is 47.1 Å². The number of nitrogens with zero attached hydrogens (tertiary/aromatic N) is 1. The fourth-order valence-electron chi connectivity index (χ4n) is 2.31. The number of rotatable bonds is 4. The van der Waals surface area contributed by atoms with E-state index < -0.39 is 6.10 Å². The van der Waals surface area contributed by atoms with Gasteiger partial charge in [0.05, 0.1) is 6.42 Å². The van der Waals surface area contributed by atoms with Gasteiger partial charge in [-0.3, -0.25) is 4.79 Å². The maximum Gasteiger partial charge on any atom is 0.312 e. The molecule has 0 bridgehead atoms. The van der Waals surface area contributed by atoms with Crippen molar-refractivity contribution in [1.29, 1.82) is 0 Å². The summed E-state index contributed by atoms with van der Waals surface area (Å²) in [4.78, 5) is 12.1. The van der Waals surface area contributed by atoms with Gasteiger partial charge >= 0.3 is 5.97 Å². The fraction of sp³-hybridized carbons (Fsp3) is 0.176. The van der Waals surface area contributed by atoms with Crippen molar-refractivity contribution in [3.8, 4) is 0 Å². The molecule has 0 spiro atoms. The number of benzene rings is 2. The first-order chi connectivity index (χ1) is 10.6. The number of hydrogen-bond acceptors (Lipinski definition) is 4. The Kier molecular flexibility index (Phi) is 4.11. The number of para-hydroxylation sites is 1. The summed E-state index contributed by atoms with van der Waals surface area (Å²) in [6.07, 6.45) is -0.356. The van der Waals surface area contributed by atoms with Crippen LogP contribution in [0.4, 0.5) is 0 Å². The molecule has 22 heavy (non-hydrogen) atoms. The van der Waals surface area contributed by atoms with Crippen molar-refractivity contribution in [3.63, 3.8) is 0 Å². The quantitative estimate of drug-likeness (QED) is 0.672. The predicted octanol–water partition coefficient (Wildman–Crippen LogP) is 4.33. The number of ether oxygens (including phenoxy) is 1. The minimum absolute atomic E-state index is 0.0613. The molecule has 1 unspecified atom stereocenters. The van der Waals surface area contributed by atoms with E-state index in [9.17, 15) is 4.79 Å². The van der Waals surface area contributed by atoms with Gasteiger partial charge in [0.1, 0.15) is 11.8 Å². The van der Waals surface area contributed by atoms with Gasteiger partial charge in [-0.15, -0.1) is 0 Å². The van der Waals surface area contributed by atoms with Gasteiger partial charge < -0.3 is 9.26 Å². The summed E-state index contributed by atoms with van der Waals surface area (Å²) in [5.41, 5.74) is 2.01. The van der Waals surface area contributed by atoms with Crippen LogP contribution in [0.3, 0.4) is 0 Å². The van der Waals surface area contributed by atoms with Crippen molar-refractivity contribution in [2.24, 2.45) is 0 Å². The lowest BCUT2D eigenvalue weighted by atomic mass is 10.1. The number of aromatic nitrogens is 1. The predicted molar refractivity (Wildman–Crippen MR) is 83.7 cm³/mol. The number of carbonyl (C=O) groups excluding carboxylic acids is 1. The molecular weight excluding hydrogens is 302 g/mol. The van der Waals surface area contributed by atoms with E-state index >= 15 is 0 Å². The van der Waals surface area contributed by atoms with Crippen molar-refractivity contribution in [3.05, 3.63) is 64.8 Å².